The highest BCUT2D eigenvalue weighted by molar-refractivity contribution is 8.16. The standard InChI is InChI=1S/C17H23N3OS3/c21-15(19-20-17(22)18-14-4-1-2-5-14)12-6-8-13(9-7-12)16-23-10-3-11-24-16/h6-9,14,16H,1-5,10-11H2,(H,19,21)(H2,18,20,22). The monoisotopic (exact) mass is 381 g/mol. The molecule has 0 unspecified atom stereocenters. The Morgan fingerprint density at radius 3 is 2.33 bits per heavy atom. The molecule has 0 bridgehead atoms. The quantitative estimate of drug-likeness (QED) is 0.549. The molecule has 2 fully saturated rings. The van der Waals surface area contributed by atoms with Gasteiger partial charge in [0.2, 0.25) is 0 Å². The average molecular weight is 382 g/mol. The minimum absolute atomic E-state index is 0.166. The van der Waals surface area contributed by atoms with Gasteiger partial charge >= 0.3 is 0 Å². The Morgan fingerprint density at radius 2 is 1.67 bits per heavy atom. The molecule has 1 heterocycles. The van der Waals surface area contributed by atoms with Gasteiger partial charge in [-0.25, -0.2) is 0 Å². The third kappa shape index (κ3) is 5.04. The second kappa shape index (κ2) is 8.97. The number of hydrogen-bond donors (Lipinski definition) is 3. The van der Waals surface area contributed by atoms with Crippen LogP contribution in [0.3, 0.4) is 0 Å². The lowest BCUT2D eigenvalue weighted by molar-refractivity contribution is 0.0943. The second-order valence-corrected chi connectivity index (χ2v) is 9.22. The molecule has 1 saturated carbocycles. The molecular weight excluding hydrogens is 358 g/mol. The first kappa shape index (κ1) is 17.9. The number of thioether (sulfide) groups is 2. The van der Waals surface area contributed by atoms with Gasteiger partial charge < -0.3 is 5.32 Å². The Balaban J connectivity index is 1.46. The van der Waals surface area contributed by atoms with Gasteiger partial charge in [-0.3, -0.25) is 15.6 Å². The average Bonchev–Trinajstić information content (AvgIpc) is 3.13. The van der Waals surface area contributed by atoms with Crippen LogP contribution in [0.25, 0.3) is 0 Å². The zero-order valence-corrected chi connectivity index (χ0v) is 16.0. The molecule has 3 N–H and O–H groups in total. The van der Waals surface area contributed by atoms with Crippen LogP contribution in [0.1, 0.15) is 52.6 Å². The minimum Gasteiger partial charge on any atom is -0.359 e. The van der Waals surface area contributed by atoms with E-state index >= 15 is 0 Å². The minimum atomic E-state index is -0.166. The van der Waals surface area contributed by atoms with Crippen molar-refractivity contribution >= 4 is 46.8 Å². The van der Waals surface area contributed by atoms with E-state index < -0.39 is 0 Å². The third-order valence-corrected chi connectivity index (χ3v) is 7.49. The Morgan fingerprint density at radius 1 is 1.00 bits per heavy atom. The van der Waals surface area contributed by atoms with Crippen LogP contribution in [0.15, 0.2) is 24.3 Å². The lowest BCUT2D eigenvalue weighted by Crippen LogP contribution is -2.49. The molecule has 2 aliphatic rings. The fourth-order valence-corrected chi connectivity index (χ4v) is 6.06. The van der Waals surface area contributed by atoms with E-state index in [0.717, 1.165) is 12.8 Å². The van der Waals surface area contributed by atoms with Crippen LogP contribution in [0.4, 0.5) is 0 Å². The summed E-state index contributed by atoms with van der Waals surface area (Å²) in [5.41, 5.74) is 7.39. The number of rotatable bonds is 3. The van der Waals surface area contributed by atoms with Crippen LogP contribution in [0.2, 0.25) is 0 Å². The largest absolute Gasteiger partial charge is 0.359 e. The molecule has 0 atom stereocenters. The summed E-state index contributed by atoms with van der Waals surface area (Å²) in [5, 5.41) is 3.73. The van der Waals surface area contributed by atoms with Crippen molar-refractivity contribution in [3.8, 4) is 0 Å². The summed E-state index contributed by atoms with van der Waals surface area (Å²) in [5.74, 6) is 2.27. The fraction of sp³-hybridized carbons (Fsp3) is 0.529. The zero-order valence-electron chi connectivity index (χ0n) is 13.5. The van der Waals surface area contributed by atoms with Crippen molar-refractivity contribution in [1.82, 2.24) is 16.2 Å². The van der Waals surface area contributed by atoms with Crippen LogP contribution >= 0.6 is 35.7 Å². The maximum Gasteiger partial charge on any atom is 0.269 e. The summed E-state index contributed by atoms with van der Waals surface area (Å²) in [6.45, 7) is 0. The topological polar surface area (TPSA) is 53.2 Å². The second-order valence-electron chi connectivity index (χ2n) is 6.08. The van der Waals surface area contributed by atoms with Crippen molar-refractivity contribution < 1.29 is 4.79 Å². The maximum absolute atomic E-state index is 12.2. The van der Waals surface area contributed by atoms with Crippen molar-refractivity contribution in [2.75, 3.05) is 11.5 Å². The van der Waals surface area contributed by atoms with E-state index in [1.165, 1.54) is 36.3 Å². The van der Waals surface area contributed by atoms with Gasteiger partial charge in [0.25, 0.3) is 5.91 Å². The Hall–Kier alpha value is -0.920. The van der Waals surface area contributed by atoms with Crippen LogP contribution < -0.4 is 16.2 Å². The summed E-state index contributed by atoms with van der Waals surface area (Å²) in [6, 6.07) is 8.32. The van der Waals surface area contributed by atoms with Gasteiger partial charge in [-0.2, -0.15) is 0 Å². The van der Waals surface area contributed by atoms with Crippen LogP contribution in [-0.4, -0.2) is 28.6 Å². The first-order valence-electron chi connectivity index (χ1n) is 8.42. The highest BCUT2D eigenvalue weighted by Crippen LogP contribution is 2.43. The number of carbonyl (C=O) groups excluding carboxylic acids is 1. The summed E-state index contributed by atoms with van der Waals surface area (Å²) < 4.78 is 0.497. The molecule has 24 heavy (non-hydrogen) atoms. The molecule has 1 aromatic rings. The van der Waals surface area contributed by atoms with E-state index in [1.807, 2.05) is 35.7 Å². The Bertz CT molecular complexity index is 567. The normalized spacial score (nSPS) is 19.0. The van der Waals surface area contributed by atoms with Crippen molar-refractivity contribution in [3.63, 3.8) is 0 Å². The van der Waals surface area contributed by atoms with Crippen LogP contribution in [-0.2, 0) is 0 Å². The lowest BCUT2D eigenvalue weighted by atomic mass is 10.1. The predicted octanol–water partition coefficient (Wildman–Crippen LogP) is 3.61. The molecule has 1 amide bonds. The summed E-state index contributed by atoms with van der Waals surface area (Å²) >= 11 is 9.19. The smallest absolute Gasteiger partial charge is 0.269 e. The van der Waals surface area contributed by atoms with Gasteiger partial charge in [0.15, 0.2) is 5.11 Å². The van der Waals surface area contributed by atoms with E-state index in [1.54, 1.807) is 0 Å². The van der Waals surface area contributed by atoms with Crippen molar-refractivity contribution in [2.45, 2.75) is 42.7 Å². The molecule has 3 rings (SSSR count). The van der Waals surface area contributed by atoms with Gasteiger partial charge in [-0.1, -0.05) is 25.0 Å². The van der Waals surface area contributed by atoms with Gasteiger partial charge in [0.1, 0.15) is 0 Å². The third-order valence-electron chi connectivity index (χ3n) is 4.25. The maximum atomic E-state index is 12.2. The van der Waals surface area contributed by atoms with E-state index in [9.17, 15) is 4.79 Å². The molecule has 1 saturated heterocycles. The van der Waals surface area contributed by atoms with Gasteiger partial charge in [0, 0.05) is 11.6 Å². The number of carbonyl (C=O) groups is 1. The molecule has 1 aliphatic carbocycles. The van der Waals surface area contributed by atoms with E-state index in [2.05, 4.69) is 28.3 Å². The van der Waals surface area contributed by atoms with Gasteiger partial charge in [-0.05, 0) is 60.7 Å². The van der Waals surface area contributed by atoms with Gasteiger partial charge in [-0.15, -0.1) is 23.5 Å². The molecule has 1 aliphatic heterocycles. The van der Waals surface area contributed by atoms with Crippen molar-refractivity contribution in [2.24, 2.45) is 0 Å². The molecule has 0 spiro atoms. The van der Waals surface area contributed by atoms with Gasteiger partial charge in [0.05, 0.1) is 4.58 Å². The summed E-state index contributed by atoms with van der Waals surface area (Å²) in [6.07, 6.45) is 6.07. The first-order chi connectivity index (χ1) is 11.7. The molecule has 0 radical (unpaired) electrons. The fourth-order valence-electron chi connectivity index (χ4n) is 2.95. The van der Waals surface area contributed by atoms with Crippen molar-refractivity contribution in [1.29, 1.82) is 0 Å². The first-order valence-corrected chi connectivity index (χ1v) is 10.9. The number of benzene rings is 1. The van der Waals surface area contributed by atoms with E-state index in [-0.39, 0.29) is 5.91 Å². The highest BCUT2D eigenvalue weighted by Gasteiger charge is 2.18. The molecule has 1 aromatic carbocycles. The number of nitrogens with one attached hydrogen (secondary N) is 3. The number of thiocarbonyl (C=S) groups is 1. The predicted molar refractivity (Wildman–Crippen MR) is 107 cm³/mol. The molecule has 0 aromatic heterocycles. The van der Waals surface area contributed by atoms with Crippen LogP contribution in [0.5, 0.6) is 0 Å². The zero-order chi connectivity index (χ0) is 16.8. The number of amides is 1. The molecular formula is C17H23N3OS3. The summed E-state index contributed by atoms with van der Waals surface area (Å²) in [4.78, 5) is 12.2. The molecule has 7 heteroatoms. The SMILES string of the molecule is O=C(NNC(=S)NC1CCCC1)c1ccc(C2SCCCS2)cc1. The lowest BCUT2D eigenvalue weighted by Gasteiger charge is -2.21. The summed E-state index contributed by atoms with van der Waals surface area (Å²) in [7, 11) is 0. The highest BCUT2D eigenvalue weighted by atomic mass is 32.2. The van der Waals surface area contributed by atoms with E-state index in [4.69, 9.17) is 12.2 Å². The molecule has 130 valence electrons. The Kier molecular flexibility index (Phi) is 6.68. The molecule has 4 nitrogen and oxygen atoms in total. The number of hydrogen-bond acceptors (Lipinski definition) is 4. The Labute approximate surface area is 157 Å². The van der Waals surface area contributed by atoms with E-state index in [0.29, 0.717) is 21.3 Å². The number of hydrazine groups is 1. The van der Waals surface area contributed by atoms with Crippen LogP contribution in [0, 0.1) is 0 Å². The van der Waals surface area contributed by atoms with Crippen molar-refractivity contribution in [3.05, 3.63) is 35.4 Å².